The van der Waals surface area contributed by atoms with E-state index in [-0.39, 0.29) is 30.6 Å². The quantitative estimate of drug-likeness (QED) is 0.804. The Hall–Kier alpha value is -2.90. The Bertz CT molecular complexity index is 857. The van der Waals surface area contributed by atoms with Crippen LogP contribution in [-0.2, 0) is 6.18 Å². The molecule has 1 fully saturated rings. The summed E-state index contributed by atoms with van der Waals surface area (Å²) in [6, 6.07) is 9.63. The number of hydrogen-bond donors (Lipinski definition) is 1. The largest absolute Gasteiger partial charge is 0.417 e. The zero-order valence-electron chi connectivity index (χ0n) is 14.8. The third kappa shape index (κ3) is 4.49. The lowest BCUT2D eigenvalue weighted by Crippen LogP contribution is -2.46. The number of amides is 2. The molecule has 2 aromatic carbocycles. The van der Waals surface area contributed by atoms with Crippen LogP contribution in [0.4, 0.5) is 17.6 Å². The highest BCUT2D eigenvalue weighted by atomic mass is 19.4. The van der Waals surface area contributed by atoms with Crippen LogP contribution < -0.4 is 5.32 Å². The summed E-state index contributed by atoms with van der Waals surface area (Å²) in [6.45, 7) is 0.471. The van der Waals surface area contributed by atoms with Gasteiger partial charge in [-0.2, -0.15) is 13.2 Å². The van der Waals surface area contributed by atoms with Gasteiger partial charge in [-0.1, -0.05) is 12.1 Å². The molecule has 8 heteroatoms. The van der Waals surface area contributed by atoms with Crippen molar-refractivity contribution in [3.63, 3.8) is 0 Å². The Morgan fingerprint density at radius 1 is 0.964 bits per heavy atom. The Morgan fingerprint density at radius 2 is 1.57 bits per heavy atom. The maximum absolute atomic E-state index is 13.1. The highest BCUT2D eigenvalue weighted by molar-refractivity contribution is 5.96. The molecule has 4 nitrogen and oxygen atoms in total. The van der Waals surface area contributed by atoms with E-state index in [1.807, 2.05) is 0 Å². The maximum atomic E-state index is 13.1. The van der Waals surface area contributed by atoms with Crippen LogP contribution in [0.1, 0.15) is 39.1 Å². The summed E-state index contributed by atoms with van der Waals surface area (Å²) in [7, 11) is 0. The molecular weight excluding hydrogens is 376 g/mol. The zero-order valence-corrected chi connectivity index (χ0v) is 14.8. The lowest BCUT2D eigenvalue weighted by atomic mass is 10.0. The van der Waals surface area contributed by atoms with Crippen LogP contribution in [0.2, 0.25) is 0 Å². The number of nitrogens with zero attached hydrogens (tertiary/aromatic N) is 1. The molecule has 3 rings (SSSR count). The minimum Gasteiger partial charge on any atom is -0.349 e. The standard InChI is InChI=1S/C20H18F4N2O2/c21-14-7-5-13(6-8-14)18(27)25-15-9-11-26(12-10-15)19(28)16-3-1-2-4-17(16)20(22,23)24/h1-8,15H,9-12H2,(H,25,27). The van der Waals surface area contributed by atoms with E-state index in [9.17, 15) is 27.2 Å². The monoisotopic (exact) mass is 394 g/mol. The molecule has 0 aromatic heterocycles. The predicted octanol–water partition coefficient (Wildman–Crippen LogP) is 3.88. The van der Waals surface area contributed by atoms with Gasteiger partial charge in [0, 0.05) is 24.7 Å². The fourth-order valence-electron chi connectivity index (χ4n) is 3.18. The third-order valence-electron chi connectivity index (χ3n) is 4.69. The normalized spacial score (nSPS) is 15.4. The van der Waals surface area contributed by atoms with Gasteiger partial charge in [-0.25, -0.2) is 4.39 Å². The Morgan fingerprint density at radius 3 is 2.18 bits per heavy atom. The molecule has 1 N–H and O–H groups in total. The number of likely N-dealkylation sites (tertiary alicyclic amines) is 1. The van der Waals surface area contributed by atoms with Gasteiger partial charge < -0.3 is 10.2 Å². The van der Waals surface area contributed by atoms with E-state index in [1.165, 1.54) is 47.4 Å². The average molecular weight is 394 g/mol. The van der Waals surface area contributed by atoms with Crippen molar-refractivity contribution in [2.24, 2.45) is 0 Å². The van der Waals surface area contributed by atoms with Gasteiger partial charge in [0.2, 0.25) is 0 Å². The minimum atomic E-state index is -4.60. The number of rotatable bonds is 3. The summed E-state index contributed by atoms with van der Waals surface area (Å²) < 4.78 is 52.3. The topological polar surface area (TPSA) is 49.4 Å². The van der Waals surface area contributed by atoms with Crippen LogP contribution in [0.15, 0.2) is 48.5 Å². The van der Waals surface area contributed by atoms with Crippen molar-refractivity contribution in [2.75, 3.05) is 13.1 Å². The van der Waals surface area contributed by atoms with Gasteiger partial charge in [-0.15, -0.1) is 0 Å². The zero-order chi connectivity index (χ0) is 20.3. The fourth-order valence-corrected chi connectivity index (χ4v) is 3.18. The van der Waals surface area contributed by atoms with Crippen LogP contribution >= 0.6 is 0 Å². The van der Waals surface area contributed by atoms with Gasteiger partial charge in [-0.3, -0.25) is 9.59 Å². The summed E-state index contributed by atoms with van der Waals surface area (Å²) >= 11 is 0. The highest BCUT2D eigenvalue weighted by Crippen LogP contribution is 2.32. The number of piperidine rings is 1. The van der Waals surface area contributed by atoms with Gasteiger partial charge in [-0.05, 0) is 49.2 Å². The number of alkyl halides is 3. The summed E-state index contributed by atoms with van der Waals surface area (Å²) in [6.07, 6.45) is -3.76. The number of halogens is 4. The molecule has 1 heterocycles. The molecule has 1 aliphatic heterocycles. The van der Waals surface area contributed by atoms with Crippen LogP contribution in [0.25, 0.3) is 0 Å². The van der Waals surface area contributed by atoms with Crippen molar-refractivity contribution in [3.8, 4) is 0 Å². The molecule has 0 unspecified atom stereocenters. The molecule has 28 heavy (non-hydrogen) atoms. The summed E-state index contributed by atoms with van der Waals surface area (Å²) in [5, 5.41) is 2.81. The number of carbonyl (C=O) groups excluding carboxylic acids is 2. The van der Waals surface area contributed by atoms with E-state index in [1.54, 1.807) is 0 Å². The SMILES string of the molecule is O=C(NC1CCN(C(=O)c2ccccc2C(F)(F)F)CC1)c1ccc(F)cc1. The summed E-state index contributed by atoms with van der Waals surface area (Å²) in [5.41, 5.74) is -1.01. The molecule has 148 valence electrons. The molecule has 1 aliphatic rings. The summed E-state index contributed by atoms with van der Waals surface area (Å²) in [5.74, 6) is -1.47. The first kappa shape index (κ1) is 19.9. The molecule has 1 saturated heterocycles. The van der Waals surface area contributed by atoms with Crippen LogP contribution in [0, 0.1) is 5.82 Å². The molecule has 0 atom stereocenters. The van der Waals surface area contributed by atoms with E-state index in [2.05, 4.69) is 5.32 Å². The second-order valence-electron chi connectivity index (χ2n) is 6.59. The van der Waals surface area contributed by atoms with Crippen molar-refractivity contribution < 1.29 is 27.2 Å². The highest BCUT2D eigenvalue weighted by Gasteiger charge is 2.36. The van der Waals surface area contributed by atoms with E-state index in [0.29, 0.717) is 18.4 Å². The Kier molecular flexibility index (Phi) is 5.67. The molecule has 0 bridgehead atoms. The van der Waals surface area contributed by atoms with E-state index in [0.717, 1.165) is 6.07 Å². The number of benzene rings is 2. The molecule has 2 amide bonds. The molecule has 0 saturated carbocycles. The smallest absolute Gasteiger partial charge is 0.349 e. The first-order valence-electron chi connectivity index (χ1n) is 8.77. The lowest BCUT2D eigenvalue weighted by Gasteiger charge is -2.33. The Labute approximate surface area is 159 Å². The van der Waals surface area contributed by atoms with Crippen LogP contribution in [0.3, 0.4) is 0 Å². The number of carbonyl (C=O) groups is 2. The fraction of sp³-hybridized carbons (Fsp3) is 0.300. The van der Waals surface area contributed by atoms with E-state index < -0.39 is 23.5 Å². The van der Waals surface area contributed by atoms with Gasteiger partial charge in [0.1, 0.15) is 5.82 Å². The van der Waals surface area contributed by atoms with Crippen LogP contribution in [0.5, 0.6) is 0 Å². The Balaban J connectivity index is 1.60. The van der Waals surface area contributed by atoms with E-state index >= 15 is 0 Å². The number of nitrogens with one attached hydrogen (secondary N) is 1. The average Bonchev–Trinajstić information content (AvgIpc) is 2.68. The second-order valence-corrected chi connectivity index (χ2v) is 6.59. The van der Waals surface area contributed by atoms with Crippen molar-refractivity contribution in [1.82, 2.24) is 10.2 Å². The molecule has 0 aliphatic carbocycles. The maximum Gasteiger partial charge on any atom is 0.417 e. The third-order valence-corrected chi connectivity index (χ3v) is 4.69. The molecule has 0 spiro atoms. The minimum absolute atomic E-state index is 0.209. The molecular formula is C20H18F4N2O2. The molecule has 0 radical (unpaired) electrons. The number of hydrogen-bond acceptors (Lipinski definition) is 2. The van der Waals surface area contributed by atoms with E-state index in [4.69, 9.17) is 0 Å². The first-order valence-corrected chi connectivity index (χ1v) is 8.77. The predicted molar refractivity (Wildman–Crippen MR) is 94.2 cm³/mol. The van der Waals surface area contributed by atoms with Crippen molar-refractivity contribution >= 4 is 11.8 Å². The second kappa shape index (κ2) is 8.00. The first-order chi connectivity index (χ1) is 13.3. The van der Waals surface area contributed by atoms with Crippen LogP contribution in [-0.4, -0.2) is 35.8 Å². The van der Waals surface area contributed by atoms with Gasteiger partial charge in [0.05, 0.1) is 11.1 Å². The van der Waals surface area contributed by atoms with Crippen molar-refractivity contribution in [2.45, 2.75) is 25.1 Å². The van der Waals surface area contributed by atoms with Crippen molar-refractivity contribution in [1.29, 1.82) is 0 Å². The van der Waals surface area contributed by atoms with Gasteiger partial charge in [0.15, 0.2) is 0 Å². The van der Waals surface area contributed by atoms with Gasteiger partial charge >= 0.3 is 6.18 Å². The summed E-state index contributed by atoms with van der Waals surface area (Å²) in [4.78, 5) is 26.1. The van der Waals surface area contributed by atoms with Crippen molar-refractivity contribution in [3.05, 3.63) is 71.0 Å². The lowest BCUT2D eigenvalue weighted by molar-refractivity contribution is -0.138. The molecule has 2 aromatic rings. The van der Waals surface area contributed by atoms with Gasteiger partial charge in [0.25, 0.3) is 11.8 Å².